The van der Waals surface area contributed by atoms with Crippen molar-refractivity contribution in [2.24, 2.45) is 0 Å². The molecule has 0 unspecified atom stereocenters. The molecule has 1 fully saturated rings. The van der Waals surface area contributed by atoms with Gasteiger partial charge in [-0.1, -0.05) is 6.07 Å². The van der Waals surface area contributed by atoms with Gasteiger partial charge in [-0.3, -0.25) is 0 Å². The highest BCUT2D eigenvalue weighted by atomic mass is 16.5. The second kappa shape index (κ2) is 3.66. The number of hydrogen-bond acceptors (Lipinski definition) is 3. The molecule has 0 saturated heterocycles. The van der Waals surface area contributed by atoms with Crippen molar-refractivity contribution >= 4 is 0 Å². The van der Waals surface area contributed by atoms with E-state index in [-0.39, 0.29) is 5.41 Å². The number of hydrogen-bond donors (Lipinski definition) is 0. The van der Waals surface area contributed by atoms with Gasteiger partial charge in [0.1, 0.15) is 0 Å². The number of rotatable bonds is 2. The summed E-state index contributed by atoms with van der Waals surface area (Å²) in [7, 11) is 1.65. The summed E-state index contributed by atoms with van der Waals surface area (Å²) in [6, 6.07) is 6.48. The van der Waals surface area contributed by atoms with Crippen LogP contribution in [0.15, 0.2) is 12.1 Å². The van der Waals surface area contributed by atoms with Crippen molar-refractivity contribution in [2.75, 3.05) is 13.7 Å². The Morgan fingerprint density at radius 1 is 1.41 bits per heavy atom. The summed E-state index contributed by atoms with van der Waals surface area (Å²) in [5, 5.41) is 9.43. The molecule has 1 saturated carbocycles. The van der Waals surface area contributed by atoms with Crippen LogP contribution < -0.4 is 9.47 Å². The second-order valence-electron chi connectivity index (χ2n) is 4.77. The Labute approximate surface area is 101 Å². The van der Waals surface area contributed by atoms with Crippen molar-refractivity contribution in [3.63, 3.8) is 0 Å². The van der Waals surface area contributed by atoms with E-state index in [2.05, 4.69) is 12.1 Å². The van der Waals surface area contributed by atoms with E-state index in [1.54, 1.807) is 7.11 Å². The van der Waals surface area contributed by atoms with Crippen molar-refractivity contribution in [2.45, 2.75) is 31.1 Å². The van der Waals surface area contributed by atoms with Gasteiger partial charge in [-0.2, -0.15) is 5.26 Å². The fourth-order valence-corrected chi connectivity index (χ4v) is 2.85. The van der Waals surface area contributed by atoms with Gasteiger partial charge in [-0.15, -0.1) is 0 Å². The van der Waals surface area contributed by atoms with Crippen LogP contribution in [-0.2, 0) is 11.8 Å². The maximum atomic E-state index is 9.43. The van der Waals surface area contributed by atoms with Gasteiger partial charge in [0.2, 0.25) is 0 Å². The van der Waals surface area contributed by atoms with Gasteiger partial charge in [0.05, 0.1) is 25.2 Å². The minimum absolute atomic E-state index is 0.260. The molecule has 17 heavy (non-hydrogen) atoms. The Hall–Kier alpha value is -1.69. The van der Waals surface area contributed by atoms with Crippen LogP contribution in [0.3, 0.4) is 0 Å². The third-order valence-corrected chi connectivity index (χ3v) is 3.98. The topological polar surface area (TPSA) is 42.2 Å². The molecule has 1 aromatic rings. The normalized spacial score (nSPS) is 19.8. The second-order valence-corrected chi connectivity index (χ2v) is 4.77. The smallest absolute Gasteiger partial charge is 0.164 e. The molecule has 88 valence electrons. The van der Waals surface area contributed by atoms with E-state index in [0.717, 1.165) is 37.2 Å². The van der Waals surface area contributed by atoms with Gasteiger partial charge in [-0.25, -0.2) is 0 Å². The quantitative estimate of drug-likeness (QED) is 0.782. The number of methoxy groups -OCH3 is 1. The maximum Gasteiger partial charge on any atom is 0.164 e. The lowest BCUT2D eigenvalue weighted by Crippen LogP contribution is -2.33. The van der Waals surface area contributed by atoms with Gasteiger partial charge in [0, 0.05) is 12.0 Å². The van der Waals surface area contributed by atoms with E-state index in [1.807, 2.05) is 6.07 Å². The number of ether oxygens (including phenoxy) is 2. The third-order valence-electron chi connectivity index (χ3n) is 3.98. The van der Waals surface area contributed by atoms with Crippen LogP contribution in [0.1, 0.15) is 30.4 Å². The highest BCUT2D eigenvalue weighted by Gasteiger charge is 2.42. The SMILES string of the molecule is COc1ccc(C2(C#N)CCC2)c2c1OCC2. The van der Waals surface area contributed by atoms with Crippen LogP contribution in [0.2, 0.25) is 0 Å². The van der Waals surface area contributed by atoms with Gasteiger partial charge < -0.3 is 9.47 Å². The fourth-order valence-electron chi connectivity index (χ4n) is 2.85. The van der Waals surface area contributed by atoms with Crippen LogP contribution in [0.25, 0.3) is 0 Å². The first kappa shape index (κ1) is 10.5. The Balaban J connectivity index is 2.14. The van der Waals surface area contributed by atoms with E-state index in [9.17, 15) is 5.26 Å². The summed E-state index contributed by atoms with van der Waals surface area (Å²) in [5.74, 6) is 1.64. The molecule has 0 aromatic heterocycles. The molecule has 0 spiro atoms. The molecule has 0 radical (unpaired) electrons. The van der Waals surface area contributed by atoms with Crippen LogP contribution in [0, 0.1) is 11.3 Å². The van der Waals surface area contributed by atoms with Crippen LogP contribution in [-0.4, -0.2) is 13.7 Å². The van der Waals surface area contributed by atoms with Crippen molar-refractivity contribution in [3.8, 4) is 17.6 Å². The molecule has 3 heteroatoms. The molecule has 1 aliphatic heterocycles. The van der Waals surface area contributed by atoms with Crippen molar-refractivity contribution < 1.29 is 9.47 Å². The van der Waals surface area contributed by atoms with Crippen LogP contribution in [0.4, 0.5) is 0 Å². The Kier molecular flexibility index (Phi) is 2.25. The largest absolute Gasteiger partial charge is 0.493 e. The zero-order valence-corrected chi connectivity index (χ0v) is 9.95. The minimum atomic E-state index is -0.260. The van der Waals surface area contributed by atoms with Crippen molar-refractivity contribution in [3.05, 3.63) is 23.3 Å². The Bertz CT molecular complexity index is 498. The zero-order chi connectivity index (χ0) is 11.9. The average molecular weight is 229 g/mol. The van der Waals surface area contributed by atoms with Crippen molar-refractivity contribution in [1.29, 1.82) is 5.26 Å². The van der Waals surface area contributed by atoms with E-state index in [4.69, 9.17) is 9.47 Å². The summed E-state index contributed by atoms with van der Waals surface area (Å²) in [5.41, 5.74) is 2.09. The molecule has 3 nitrogen and oxygen atoms in total. The number of nitrogens with zero attached hydrogens (tertiary/aromatic N) is 1. The highest BCUT2D eigenvalue weighted by molar-refractivity contribution is 5.56. The molecule has 1 heterocycles. The molecule has 3 rings (SSSR count). The molecular formula is C14H15NO2. The molecule has 0 bridgehead atoms. The molecule has 1 aliphatic carbocycles. The Morgan fingerprint density at radius 2 is 2.24 bits per heavy atom. The zero-order valence-electron chi connectivity index (χ0n) is 9.95. The van der Waals surface area contributed by atoms with Gasteiger partial charge in [0.15, 0.2) is 11.5 Å². The third kappa shape index (κ3) is 1.33. The number of fused-ring (bicyclic) bond motifs is 1. The van der Waals surface area contributed by atoms with Gasteiger partial charge >= 0.3 is 0 Å². The predicted octanol–water partition coefficient (Wildman–Crippen LogP) is 2.58. The first-order chi connectivity index (χ1) is 8.30. The Morgan fingerprint density at radius 3 is 2.82 bits per heavy atom. The van der Waals surface area contributed by atoms with Gasteiger partial charge in [-0.05, 0) is 30.9 Å². The van der Waals surface area contributed by atoms with E-state index in [0.29, 0.717) is 6.61 Å². The van der Waals surface area contributed by atoms with E-state index in [1.165, 1.54) is 11.1 Å². The predicted molar refractivity (Wildman–Crippen MR) is 63.3 cm³/mol. The molecule has 0 atom stereocenters. The maximum absolute atomic E-state index is 9.43. The fraction of sp³-hybridized carbons (Fsp3) is 0.500. The molecular weight excluding hydrogens is 214 g/mol. The standard InChI is InChI=1S/C14H15NO2/c1-16-12-4-3-11(10-5-8-17-13(10)12)14(9-15)6-2-7-14/h3-4H,2,5-8H2,1H3. The summed E-state index contributed by atoms with van der Waals surface area (Å²) in [6.07, 6.45) is 3.99. The van der Waals surface area contributed by atoms with E-state index < -0.39 is 0 Å². The summed E-state index contributed by atoms with van der Waals surface area (Å²) in [4.78, 5) is 0. The van der Waals surface area contributed by atoms with E-state index >= 15 is 0 Å². The lowest BCUT2D eigenvalue weighted by molar-refractivity contribution is 0.318. The van der Waals surface area contributed by atoms with Gasteiger partial charge in [0.25, 0.3) is 0 Å². The summed E-state index contributed by atoms with van der Waals surface area (Å²) >= 11 is 0. The molecule has 1 aromatic carbocycles. The molecule has 0 amide bonds. The highest BCUT2D eigenvalue weighted by Crippen LogP contribution is 2.49. The first-order valence-corrected chi connectivity index (χ1v) is 6.05. The monoisotopic (exact) mass is 229 g/mol. The minimum Gasteiger partial charge on any atom is -0.493 e. The summed E-state index contributed by atoms with van der Waals surface area (Å²) < 4.78 is 10.9. The van der Waals surface area contributed by atoms with Crippen LogP contribution in [0.5, 0.6) is 11.5 Å². The van der Waals surface area contributed by atoms with Crippen LogP contribution >= 0.6 is 0 Å². The summed E-state index contributed by atoms with van der Waals surface area (Å²) in [6.45, 7) is 0.699. The van der Waals surface area contributed by atoms with Crippen molar-refractivity contribution in [1.82, 2.24) is 0 Å². The lowest BCUT2D eigenvalue weighted by atomic mass is 9.64. The number of benzene rings is 1. The average Bonchev–Trinajstić information content (AvgIpc) is 2.77. The first-order valence-electron chi connectivity index (χ1n) is 6.05. The molecule has 2 aliphatic rings. The molecule has 0 N–H and O–H groups in total. The lowest BCUT2D eigenvalue weighted by Gasteiger charge is -2.36. The number of nitriles is 1.